The monoisotopic (exact) mass is 322 g/mol. The standard InChI is InChI=1S/C20H19FN2O/c1-15-5-4-6-17(13-15)23-11-12-24-20(23)16-9-10-22(14-16)19-8-3-2-7-18(19)21/h2-10,13-14,20H,11-12H2,1H3/t20-/m0/s1. The molecule has 0 bridgehead atoms. The summed E-state index contributed by atoms with van der Waals surface area (Å²) in [5.41, 5.74) is 3.94. The molecule has 122 valence electrons. The molecule has 0 radical (unpaired) electrons. The summed E-state index contributed by atoms with van der Waals surface area (Å²) in [6.45, 7) is 3.62. The molecule has 1 aliphatic heterocycles. The van der Waals surface area contributed by atoms with Crippen molar-refractivity contribution in [2.24, 2.45) is 0 Å². The van der Waals surface area contributed by atoms with Crippen molar-refractivity contribution in [3.8, 4) is 5.69 Å². The molecule has 0 N–H and O–H groups in total. The molecule has 1 saturated heterocycles. The molecule has 1 atom stereocenters. The summed E-state index contributed by atoms with van der Waals surface area (Å²) in [5, 5.41) is 0. The Bertz CT molecular complexity index is 858. The van der Waals surface area contributed by atoms with Gasteiger partial charge >= 0.3 is 0 Å². The molecule has 0 saturated carbocycles. The van der Waals surface area contributed by atoms with Crippen LogP contribution < -0.4 is 4.90 Å². The molecule has 24 heavy (non-hydrogen) atoms. The molecular formula is C20H19FN2O. The molecule has 2 heterocycles. The van der Waals surface area contributed by atoms with E-state index in [1.807, 2.05) is 24.5 Å². The highest BCUT2D eigenvalue weighted by Crippen LogP contribution is 2.33. The number of aryl methyl sites for hydroxylation is 1. The molecule has 4 heteroatoms. The van der Waals surface area contributed by atoms with Crippen molar-refractivity contribution < 1.29 is 9.13 Å². The Labute approximate surface area is 140 Å². The molecule has 0 amide bonds. The summed E-state index contributed by atoms with van der Waals surface area (Å²) in [7, 11) is 0. The van der Waals surface area contributed by atoms with Crippen LogP contribution in [-0.2, 0) is 4.74 Å². The number of para-hydroxylation sites is 1. The van der Waals surface area contributed by atoms with Crippen LogP contribution in [-0.4, -0.2) is 17.7 Å². The lowest BCUT2D eigenvalue weighted by molar-refractivity contribution is 0.114. The molecular weight excluding hydrogens is 303 g/mol. The number of hydrogen-bond acceptors (Lipinski definition) is 2. The minimum absolute atomic E-state index is 0.139. The van der Waals surface area contributed by atoms with Gasteiger partial charge in [0.1, 0.15) is 5.82 Å². The van der Waals surface area contributed by atoms with Crippen LogP contribution in [0.25, 0.3) is 5.69 Å². The van der Waals surface area contributed by atoms with Crippen LogP contribution >= 0.6 is 0 Å². The fourth-order valence-corrected chi connectivity index (χ4v) is 3.19. The molecule has 1 aromatic heterocycles. The van der Waals surface area contributed by atoms with E-state index in [0.717, 1.165) is 17.8 Å². The lowest BCUT2D eigenvalue weighted by Crippen LogP contribution is -2.23. The largest absolute Gasteiger partial charge is 0.352 e. The van der Waals surface area contributed by atoms with E-state index in [9.17, 15) is 4.39 Å². The molecule has 2 aromatic carbocycles. The van der Waals surface area contributed by atoms with Gasteiger partial charge in [-0.2, -0.15) is 0 Å². The topological polar surface area (TPSA) is 17.4 Å². The first-order chi connectivity index (χ1) is 11.7. The number of rotatable bonds is 3. The van der Waals surface area contributed by atoms with Crippen LogP contribution in [0.4, 0.5) is 10.1 Å². The second kappa shape index (κ2) is 6.13. The predicted molar refractivity (Wildman–Crippen MR) is 92.9 cm³/mol. The van der Waals surface area contributed by atoms with Gasteiger partial charge in [-0.1, -0.05) is 24.3 Å². The smallest absolute Gasteiger partial charge is 0.158 e. The highest BCUT2D eigenvalue weighted by atomic mass is 19.1. The van der Waals surface area contributed by atoms with E-state index in [1.54, 1.807) is 16.7 Å². The van der Waals surface area contributed by atoms with Gasteiger partial charge in [-0.25, -0.2) is 4.39 Å². The van der Waals surface area contributed by atoms with Gasteiger partial charge in [-0.05, 0) is 42.8 Å². The van der Waals surface area contributed by atoms with Crippen molar-refractivity contribution in [2.45, 2.75) is 13.2 Å². The van der Waals surface area contributed by atoms with Crippen LogP contribution in [0.15, 0.2) is 67.0 Å². The van der Waals surface area contributed by atoms with Gasteiger partial charge in [0.25, 0.3) is 0 Å². The maximum absolute atomic E-state index is 14.0. The van der Waals surface area contributed by atoms with E-state index in [1.165, 1.54) is 11.6 Å². The third kappa shape index (κ3) is 2.69. The summed E-state index contributed by atoms with van der Waals surface area (Å²) >= 11 is 0. The number of benzene rings is 2. The SMILES string of the molecule is Cc1cccc(N2CCO[C@H]2c2ccn(-c3ccccc3F)c2)c1. The van der Waals surface area contributed by atoms with Crippen molar-refractivity contribution in [1.29, 1.82) is 0 Å². The van der Waals surface area contributed by atoms with Crippen molar-refractivity contribution in [1.82, 2.24) is 4.57 Å². The van der Waals surface area contributed by atoms with E-state index < -0.39 is 0 Å². The van der Waals surface area contributed by atoms with Gasteiger partial charge in [-0.3, -0.25) is 0 Å². The summed E-state index contributed by atoms with van der Waals surface area (Å²) in [6, 6.07) is 17.2. The number of anilines is 1. The molecule has 4 rings (SSSR count). The van der Waals surface area contributed by atoms with Crippen LogP contribution in [0.5, 0.6) is 0 Å². The van der Waals surface area contributed by atoms with Gasteiger partial charge in [0.05, 0.1) is 12.3 Å². The van der Waals surface area contributed by atoms with Crippen LogP contribution in [0.1, 0.15) is 17.4 Å². The maximum Gasteiger partial charge on any atom is 0.158 e. The summed E-state index contributed by atoms with van der Waals surface area (Å²) < 4.78 is 21.7. The van der Waals surface area contributed by atoms with Crippen molar-refractivity contribution >= 4 is 5.69 Å². The lowest BCUT2D eigenvalue weighted by Gasteiger charge is -2.25. The zero-order chi connectivity index (χ0) is 16.5. The second-order valence-electron chi connectivity index (χ2n) is 6.06. The molecule has 0 spiro atoms. The van der Waals surface area contributed by atoms with E-state index in [0.29, 0.717) is 12.3 Å². The Morgan fingerprint density at radius 2 is 1.96 bits per heavy atom. The Hall–Kier alpha value is -2.59. The Kier molecular flexibility index (Phi) is 3.82. The molecule has 1 aliphatic rings. The third-order valence-corrected chi connectivity index (χ3v) is 4.36. The van der Waals surface area contributed by atoms with E-state index in [2.05, 4.69) is 36.1 Å². The average Bonchev–Trinajstić information content (AvgIpc) is 3.24. The zero-order valence-corrected chi connectivity index (χ0v) is 13.5. The van der Waals surface area contributed by atoms with Crippen LogP contribution in [0, 0.1) is 12.7 Å². The molecule has 3 nitrogen and oxygen atoms in total. The summed E-state index contributed by atoms with van der Waals surface area (Å²) in [4.78, 5) is 2.24. The fourth-order valence-electron chi connectivity index (χ4n) is 3.19. The molecule has 1 fully saturated rings. The quantitative estimate of drug-likeness (QED) is 0.708. The van der Waals surface area contributed by atoms with E-state index >= 15 is 0 Å². The highest BCUT2D eigenvalue weighted by Gasteiger charge is 2.28. The van der Waals surface area contributed by atoms with Gasteiger partial charge in [0, 0.05) is 30.2 Å². The van der Waals surface area contributed by atoms with Crippen LogP contribution in [0.2, 0.25) is 0 Å². The van der Waals surface area contributed by atoms with Gasteiger partial charge < -0.3 is 14.2 Å². The Morgan fingerprint density at radius 3 is 2.79 bits per heavy atom. The minimum Gasteiger partial charge on any atom is -0.352 e. The third-order valence-electron chi connectivity index (χ3n) is 4.36. The van der Waals surface area contributed by atoms with Gasteiger partial charge in [0.15, 0.2) is 6.23 Å². The Morgan fingerprint density at radius 1 is 1.08 bits per heavy atom. The first-order valence-electron chi connectivity index (χ1n) is 8.10. The number of nitrogens with zero attached hydrogens (tertiary/aromatic N) is 2. The van der Waals surface area contributed by atoms with E-state index in [-0.39, 0.29) is 12.0 Å². The minimum atomic E-state index is -0.234. The number of aromatic nitrogens is 1. The van der Waals surface area contributed by atoms with E-state index in [4.69, 9.17) is 4.74 Å². The van der Waals surface area contributed by atoms with Gasteiger partial charge in [-0.15, -0.1) is 0 Å². The number of ether oxygens (including phenoxy) is 1. The summed E-state index contributed by atoms with van der Waals surface area (Å²) in [5.74, 6) is -0.234. The summed E-state index contributed by atoms with van der Waals surface area (Å²) in [6.07, 6.45) is 3.68. The van der Waals surface area contributed by atoms with Crippen LogP contribution in [0.3, 0.4) is 0 Å². The normalized spacial score (nSPS) is 17.4. The van der Waals surface area contributed by atoms with Crippen molar-refractivity contribution in [3.05, 3.63) is 83.9 Å². The first-order valence-corrected chi connectivity index (χ1v) is 8.10. The Balaban J connectivity index is 1.65. The van der Waals surface area contributed by atoms with Crippen molar-refractivity contribution in [3.63, 3.8) is 0 Å². The number of halogens is 1. The molecule has 0 aliphatic carbocycles. The fraction of sp³-hybridized carbons (Fsp3) is 0.200. The molecule has 0 unspecified atom stereocenters. The second-order valence-corrected chi connectivity index (χ2v) is 6.06. The first kappa shape index (κ1) is 15.0. The maximum atomic E-state index is 14.0. The van der Waals surface area contributed by atoms with Gasteiger partial charge in [0.2, 0.25) is 0 Å². The molecule has 3 aromatic rings. The predicted octanol–water partition coefficient (Wildman–Crippen LogP) is 4.46. The van der Waals surface area contributed by atoms with Crippen molar-refractivity contribution in [2.75, 3.05) is 18.1 Å². The lowest BCUT2D eigenvalue weighted by atomic mass is 10.2. The zero-order valence-electron chi connectivity index (χ0n) is 13.5. The number of hydrogen-bond donors (Lipinski definition) is 0. The highest BCUT2D eigenvalue weighted by molar-refractivity contribution is 5.51. The average molecular weight is 322 g/mol.